The molecule has 0 radical (unpaired) electrons. The lowest BCUT2D eigenvalue weighted by Gasteiger charge is -2.19. The summed E-state index contributed by atoms with van der Waals surface area (Å²) in [6.45, 7) is 11.2. The van der Waals surface area contributed by atoms with Gasteiger partial charge in [0.1, 0.15) is 24.0 Å². The third kappa shape index (κ3) is 9.75. The Labute approximate surface area is 271 Å². The van der Waals surface area contributed by atoms with Crippen molar-refractivity contribution in [2.45, 2.75) is 46.5 Å². The number of benzene rings is 3. The van der Waals surface area contributed by atoms with E-state index in [-0.39, 0.29) is 24.3 Å². The number of rotatable bonds is 13. The molecule has 2 amide bonds. The molecule has 2 N–H and O–H groups in total. The largest absolute Gasteiger partial charge is 0.490 e. The Morgan fingerprint density at radius 3 is 2.44 bits per heavy atom. The van der Waals surface area contributed by atoms with Crippen LogP contribution in [-0.2, 0) is 16.6 Å². The number of hydrogen-bond acceptors (Lipinski definition) is 9. The summed E-state index contributed by atoms with van der Waals surface area (Å²) in [6, 6.07) is 18.6. The van der Waals surface area contributed by atoms with Crippen LogP contribution in [0.2, 0.25) is 5.02 Å². The van der Waals surface area contributed by atoms with E-state index < -0.39 is 5.91 Å². The van der Waals surface area contributed by atoms with Crippen molar-refractivity contribution in [3.05, 3.63) is 92.9 Å². The van der Waals surface area contributed by atoms with E-state index in [0.29, 0.717) is 51.0 Å². The van der Waals surface area contributed by atoms with Gasteiger partial charge in [-0.05, 0) is 66.3 Å². The minimum atomic E-state index is -0.400. The summed E-state index contributed by atoms with van der Waals surface area (Å²) in [5.74, 6) is 0.909. The Bertz CT molecular complexity index is 1650. The van der Waals surface area contributed by atoms with Gasteiger partial charge >= 0.3 is 0 Å². The van der Waals surface area contributed by atoms with E-state index in [9.17, 15) is 9.59 Å². The second-order valence-electron chi connectivity index (χ2n) is 11.0. The first-order valence-corrected chi connectivity index (χ1v) is 15.6. The monoisotopic (exact) mass is 649 g/mol. The number of aromatic nitrogens is 2. The number of amides is 2. The van der Waals surface area contributed by atoms with Gasteiger partial charge in [0.25, 0.3) is 5.91 Å². The standard InChI is InChI=1S/C33H36ClN5O5S/c1-6-42-27-18-22(17-26(34)30(27)44-16-15-43-24-13-11-23(12-14-24)33(3,4)5)20-35-37-28(40)19-29-38-39-32(45-29)36-31(41)25-10-8-7-9-21(25)2/h7-14,17-18,20H,6,15-16,19H2,1-5H3,(H,37,40)(H,36,39,41)/b35-20+. The summed E-state index contributed by atoms with van der Waals surface area (Å²) >= 11 is 7.64. The molecular weight excluding hydrogens is 614 g/mol. The van der Waals surface area contributed by atoms with Crippen LogP contribution in [0.25, 0.3) is 0 Å². The van der Waals surface area contributed by atoms with E-state index in [0.717, 1.165) is 22.6 Å². The van der Waals surface area contributed by atoms with Crippen molar-refractivity contribution in [3.63, 3.8) is 0 Å². The Hall–Kier alpha value is -4.48. The van der Waals surface area contributed by atoms with Gasteiger partial charge < -0.3 is 14.2 Å². The Kier molecular flexibility index (Phi) is 11.5. The summed E-state index contributed by atoms with van der Waals surface area (Å²) in [5.41, 5.74) is 5.76. The van der Waals surface area contributed by atoms with Gasteiger partial charge in [-0.25, -0.2) is 5.43 Å². The zero-order valence-electron chi connectivity index (χ0n) is 25.8. The number of nitrogens with one attached hydrogen (secondary N) is 2. The van der Waals surface area contributed by atoms with E-state index in [1.54, 1.807) is 24.3 Å². The molecule has 0 saturated heterocycles. The number of hydrogen-bond donors (Lipinski definition) is 2. The van der Waals surface area contributed by atoms with Crippen molar-refractivity contribution in [1.82, 2.24) is 15.6 Å². The average Bonchev–Trinajstić information content (AvgIpc) is 3.42. The lowest BCUT2D eigenvalue weighted by molar-refractivity contribution is -0.120. The van der Waals surface area contributed by atoms with Crippen molar-refractivity contribution in [1.29, 1.82) is 0 Å². The quantitative estimate of drug-likeness (QED) is 0.0950. The first-order chi connectivity index (χ1) is 21.5. The number of hydrazone groups is 1. The van der Waals surface area contributed by atoms with Crippen molar-refractivity contribution >= 4 is 46.1 Å². The van der Waals surface area contributed by atoms with Gasteiger partial charge in [-0.3, -0.25) is 14.9 Å². The second kappa shape index (κ2) is 15.5. The van der Waals surface area contributed by atoms with Gasteiger partial charge in [-0.2, -0.15) is 5.10 Å². The van der Waals surface area contributed by atoms with Gasteiger partial charge in [0.2, 0.25) is 11.0 Å². The number of nitrogens with zero attached hydrogens (tertiary/aromatic N) is 3. The third-order valence-electron chi connectivity index (χ3n) is 6.44. The number of carbonyl (C=O) groups is 2. The van der Waals surface area contributed by atoms with Crippen LogP contribution < -0.4 is 25.0 Å². The molecule has 45 heavy (non-hydrogen) atoms. The van der Waals surface area contributed by atoms with E-state index in [1.165, 1.54) is 11.8 Å². The molecule has 1 heterocycles. The van der Waals surface area contributed by atoms with Crippen LogP contribution in [-0.4, -0.2) is 48.0 Å². The summed E-state index contributed by atoms with van der Waals surface area (Å²) in [6.07, 6.45) is 1.39. The number of ether oxygens (including phenoxy) is 3. The molecule has 3 aromatic carbocycles. The molecule has 236 valence electrons. The zero-order chi connectivity index (χ0) is 32.4. The van der Waals surface area contributed by atoms with Crippen molar-refractivity contribution < 1.29 is 23.8 Å². The smallest absolute Gasteiger partial charge is 0.257 e. The number of carbonyl (C=O) groups excluding carboxylic acids is 2. The molecule has 1 aromatic heterocycles. The molecule has 4 aromatic rings. The van der Waals surface area contributed by atoms with Crippen LogP contribution >= 0.6 is 22.9 Å². The summed E-state index contributed by atoms with van der Waals surface area (Å²) < 4.78 is 17.5. The van der Waals surface area contributed by atoms with Crippen molar-refractivity contribution in [3.8, 4) is 17.2 Å². The van der Waals surface area contributed by atoms with Gasteiger partial charge in [-0.1, -0.05) is 74.0 Å². The highest BCUT2D eigenvalue weighted by Crippen LogP contribution is 2.36. The van der Waals surface area contributed by atoms with Gasteiger partial charge in [0.05, 0.1) is 24.3 Å². The Balaban J connectivity index is 1.28. The normalized spacial score (nSPS) is 11.3. The maximum atomic E-state index is 12.5. The molecule has 0 saturated carbocycles. The Morgan fingerprint density at radius 2 is 1.73 bits per heavy atom. The van der Waals surface area contributed by atoms with E-state index in [2.05, 4.69) is 58.9 Å². The summed E-state index contributed by atoms with van der Waals surface area (Å²) in [5, 5.41) is 15.8. The lowest BCUT2D eigenvalue weighted by atomic mass is 9.87. The molecule has 0 unspecified atom stereocenters. The topological polar surface area (TPSA) is 124 Å². The molecule has 0 bridgehead atoms. The highest BCUT2D eigenvalue weighted by molar-refractivity contribution is 7.15. The summed E-state index contributed by atoms with van der Waals surface area (Å²) in [7, 11) is 0. The minimum absolute atomic E-state index is 0.0597. The predicted molar refractivity (Wildman–Crippen MR) is 177 cm³/mol. The van der Waals surface area contributed by atoms with Crippen LogP contribution in [0.1, 0.15) is 59.8 Å². The Morgan fingerprint density at radius 1 is 1.00 bits per heavy atom. The molecule has 10 nitrogen and oxygen atoms in total. The van der Waals surface area contributed by atoms with E-state index >= 15 is 0 Å². The van der Waals surface area contributed by atoms with Gasteiger partial charge in [0.15, 0.2) is 11.5 Å². The van der Waals surface area contributed by atoms with Crippen molar-refractivity contribution in [2.75, 3.05) is 25.1 Å². The fourth-order valence-corrected chi connectivity index (χ4v) is 5.15. The van der Waals surface area contributed by atoms with Crippen LogP contribution in [0.15, 0.2) is 65.8 Å². The maximum absolute atomic E-state index is 12.5. The van der Waals surface area contributed by atoms with Gasteiger partial charge in [0, 0.05) is 5.56 Å². The maximum Gasteiger partial charge on any atom is 0.257 e. The van der Waals surface area contributed by atoms with Crippen LogP contribution in [0.4, 0.5) is 5.13 Å². The fourth-order valence-electron chi connectivity index (χ4n) is 4.14. The molecule has 0 aliphatic rings. The highest BCUT2D eigenvalue weighted by Gasteiger charge is 2.16. The molecule has 0 fully saturated rings. The zero-order valence-corrected chi connectivity index (χ0v) is 27.4. The average molecular weight is 650 g/mol. The SMILES string of the molecule is CCOc1cc(/C=N/NC(=O)Cc2nnc(NC(=O)c3ccccc3C)s2)cc(Cl)c1OCCOc1ccc(C(C)(C)C)cc1. The molecule has 12 heteroatoms. The van der Waals surface area contributed by atoms with Crippen molar-refractivity contribution in [2.24, 2.45) is 5.10 Å². The van der Waals surface area contributed by atoms with Crippen LogP contribution in [0, 0.1) is 6.92 Å². The third-order valence-corrected chi connectivity index (χ3v) is 7.56. The number of halogens is 1. The molecule has 0 aliphatic carbocycles. The lowest BCUT2D eigenvalue weighted by Crippen LogP contribution is -2.19. The molecular formula is C33H36ClN5O5S. The highest BCUT2D eigenvalue weighted by atomic mass is 35.5. The summed E-state index contributed by atoms with van der Waals surface area (Å²) in [4.78, 5) is 24.9. The van der Waals surface area contributed by atoms with Crippen LogP contribution in [0.3, 0.4) is 0 Å². The van der Waals surface area contributed by atoms with Crippen LogP contribution in [0.5, 0.6) is 17.2 Å². The number of anilines is 1. The predicted octanol–water partition coefficient (Wildman–Crippen LogP) is 6.60. The van der Waals surface area contributed by atoms with Gasteiger partial charge in [-0.15, -0.1) is 10.2 Å². The van der Waals surface area contributed by atoms with E-state index in [4.69, 9.17) is 25.8 Å². The fraction of sp³-hybridized carbons (Fsp3) is 0.303. The number of aryl methyl sites for hydroxylation is 1. The molecule has 0 aliphatic heterocycles. The minimum Gasteiger partial charge on any atom is -0.490 e. The first-order valence-electron chi connectivity index (χ1n) is 14.4. The first kappa shape index (κ1) is 33.4. The molecule has 0 spiro atoms. The molecule has 0 atom stereocenters. The van der Waals surface area contributed by atoms with E-state index in [1.807, 2.05) is 38.1 Å². The molecule has 4 rings (SSSR count). The second-order valence-corrected chi connectivity index (χ2v) is 12.4.